The van der Waals surface area contributed by atoms with E-state index in [0.29, 0.717) is 30.2 Å². The summed E-state index contributed by atoms with van der Waals surface area (Å²) in [5, 5.41) is 6.30. The van der Waals surface area contributed by atoms with Crippen LogP contribution in [0.15, 0.2) is 30.6 Å². The van der Waals surface area contributed by atoms with Gasteiger partial charge in [0.1, 0.15) is 12.1 Å². The molecule has 0 radical (unpaired) electrons. The quantitative estimate of drug-likeness (QED) is 0.503. The smallest absolute Gasteiger partial charge is 0.245 e. The number of anilines is 1. The molecule has 146 valence electrons. The molecular weight excluding hydrogens is 358 g/mol. The molecule has 1 aromatic carbocycles. The number of imidazole rings is 1. The van der Waals surface area contributed by atoms with E-state index in [9.17, 15) is 4.79 Å². The third-order valence-electron chi connectivity index (χ3n) is 4.84. The SMILES string of the molecule is Nc1nc(OCc2ccc(CNC(=O)C3CCNCC3)cc2)c2[nH]cnc2n1. The molecule has 3 aromatic rings. The normalized spacial score (nSPS) is 14.9. The number of ether oxygens (including phenoxy) is 1. The van der Waals surface area contributed by atoms with Gasteiger partial charge in [-0.1, -0.05) is 24.3 Å². The van der Waals surface area contributed by atoms with Gasteiger partial charge in [-0.3, -0.25) is 4.79 Å². The van der Waals surface area contributed by atoms with Gasteiger partial charge in [-0.05, 0) is 37.1 Å². The van der Waals surface area contributed by atoms with E-state index in [1.165, 1.54) is 6.33 Å². The molecule has 1 saturated heterocycles. The highest BCUT2D eigenvalue weighted by Crippen LogP contribution is 2.21. The lowest BCUT2D eigenvalue weighted by Crippen LogP contribution is -2.37. The Morgan fingerprint density at radius 3 is 2.71 bits per heavy atom. The van der Waals surface area contributed by atoms with Crippen LogP contribution < -0.4 is 21.1 Å². The topological polar surface area (TPSA) is 131 Å². The first-order valence-corrected chi connectivity index (χ1v) is 9.34. The molecule has 0 unspecified atom stereocenters. The van der Waals surface area contributed by atoms with Crippen molar-refractivity contribution in [2.24, 2.45) is 5.92 Å². The van der Waals surface area contributed by atoms with E-state index in [1.54, 1.807) is 0 Å². The van der Waals surface area contributed by atoms with Gasteiger partial charge in [0.25, 0.3) is 0 Å². The number of carbonyl (C=O) groups is 1. The average molecular weight is 381 g/mol. The van der Waals surface area contributed by atoms with E-state index >= 15 is 0 Å². The average Bonchev–Trinajstić information content (AvgIpc) is 3.20. The molecule has 28 heavy (non-hydrogen) atoms. The molecule has 5 N–H and O–H groups in total. The van der Waals surface area contributed by atoms with Crippen molar-refractivity contribution in [1.82, 2.24) is 30.6 Å². The molecule has 4 rings (SSSR count). The van der Waals surface area contributed by atoms with Crippen molar-refractivity contribution in [2.75, 3.05) is 18.8 Å². The maximum absolute atomic E-state index is 12.2. The third kappa shape index (κ3) is 4.20. The number of hydrogen-bond donors (Lipinski definition) is 4. The standard InChI is InChI=1S/C19H23N7O2/c20-19-25-16-15(23-11-24-16)18(26-19)28-10-13-3-1-12(2-4-13)9-22-17(27)14-5-7-21-8-6-14/h1-4,11,14,21H,5-10H2,(H,22,27)(H3,20,23,24,25,26). The molecule has 2 aromatic heterocycles. The summed E-state index contributed by atoms with van der Waals surface area (Å²) in [7, 11) is 0. The highest BCUT2D eigenvalue weighted by Gasteiger charge is 2.20. The van der Waals surface area contributed by atoms with Gasteiger partial charge in [0.2, 0.25) is 17.7 Å². The molecule has 0 aliphatic carbocycles. The number of benzene rings is 1. The Bertz CT molecular complexity index is 949. The number of aromatic nitrogens is 4. The van der Waals surface area contributed by atoms with Crippen molar-refractivity contribution < 1.29 is 9.53 Å². The van der Waals surface area contributed by atoms with Crippen LogP contribution in [0.4, 0.5) is 5.95 Å². The Hall–Kier alpha value is -3.20. The molecule has 1 fully saturated rings. The lowest BCUT2D eigenvalue weighted by atomic mass is 9.97. The number of nitrogens with one attached hydrogen (secondary N) is 3. The fraction of sp³-hybridized carbons (Fsp3) is 0.368. The minimum Gasteiger partial charge on any atom is -0.471 e. The van der Waals surface area contributed by atoms with E-state index in [-0.39, 0.29) is 17.8 Å². The summed E-state index contributed by atoms with van der Waals surface area (Å²) in [6, 6.07) is 7.92. The zero-order valence-electron chi connectivity index (χ0n) is 15.4. The fourth-order valence-electron chi connectivity index (χ4n) is 3.25. The highest BCUT2D eigenvalue weighted by atomic mass is 16.5. The molecule has 0 atom stereocenters. The molecule has 0 saturated carbocycles. The lowest BCUT2D eigenvalue weighted by molar-refractivity contribution is -0.125. The number of amides is 1. The van der Waals surface area contributed by atoms with Gasteiger partial charge in [0.15, 0.2) is 5.65 Å². The van der Waals surface area contributed by atoms with E-state index in [0.717, 1.165) is 37.1 Å². The van der Waals surface area contributed by atoms with Crippen LogP contribution in [0, 0.1) is 5.92 Å². The summed E-state index contributed by atoms with van der Waals surface area (Å²) < 4.78 is 5.78. The number of nitrogen functional groups attached to an aromatic ring is 1. The van der Waals surface area contributed by atoms with Gasteiger partial charge in [-0.2, -0.15) is 9.97 Å². The second-order valence-corrected chi connectivity index (χ2v) is 6.84. The van der Waals surface area contributed by atoms with E-state index < -0.39 is 0 Å². The molecule has 9 heteroatoms. The van der Waals surface area contributed by atoms with Crippen molar-refractivity contribution in [3.63, 3.8) is 0 Å². The minimum absolute atomic E-state index is 0.119. The molecule has 3 heterocycles. The van der Waals surface area contributed by atoms with Crippen molar-refractivity contribution in [1.29, 1.82) is 0 Å². The fourth-order valence-corrected chi connectivity index (χ4v) is 3.25. The number of rotatable bonds is 6. The Morgan fingerprint density at radius 1 is 1.18 bits per heavy atom. The molecular formula is C19H23N7O2. The lowest BCUT2D eigenvalue weighted by Gasteiger charge is -2.21. The number of fused-ring (bicyclic) bond motifs is 1. The second-order valence-electron chi connectivity index (χ2n) is 6.84. The van der Waals surface area contributed by atoms with Crippen molar-refractivity contribution >= 4 is 23.0 Å². The molecule has 1 aliphatic heterocycles. The van der Waals surface area contributed by atoms with Crippen LogP contribution in [0.1, 0.15) is 24.0 Å². The predicted molar refractivity (Wildman–Crippen MR) is 104 cm³/mol. The number of aromatic amines is 1. The highest BCUT2D eigenvalue weighted by molar-refractivity contribution is 5.78. The summed E-state index contributed by atoms with van der Waals surface area (Å²) in [6.07, 6.45) is 3.33. The Labute approximate surface area is 162 Å². The van der Waals surface area contributed by atoms with Gasteiger partial charge >= 0.3 is 0 Å². The van der Waals surface area contributed by atoms with Gasteiger partial charge in [-0.15, -0.1) is 0 Å². The Balaban J connectivity index is 1.32. The van der Waals surface area contributed by atoms with Crippen LogP contribution in [0.5, 0.6) is 5.88 Å². The minimum atomic E-state index is 0.119. The number of carbonyl (C=O) groups excluding carboxylic acids is 1. The van der Waals surface area contributed by atoms with Crippen LogP contribution in [0.2, 0.25) is 0 Å². The molecule has 1 amide bonds. The largest absolute Gasteiger partial charge is 0.471 e. The number of nitrogens with zero attached hydrogens (tertiary/aromatic N) is 3. The summed E-state index contributed by atoms with van der Waals surface area (Å²) in [5.74, 6) is 0.750. The number of hydrogen-bond acceptors (Lipinski definition) is 7. The summed E-state index contributed by atoms with van der Waals surface area (Å²) in [6.45, 7) is 2.69. The van der Waals surface area contributed by atoms with Crippen LogP contribution >= 0.6 is 0 Å². The second kappa shape index (κ2) is 8.22. The van der Waals surface area contributed by atoms with Gasteiger partial charge < -0.3 is 26.1 Å². The van der Waals surface area contributed by atoms with Crippen LogP contribution in [0.3, 0.4) is 0 Å². The first-order chi connectivity index (χ1) is 13.7. The summed E-state index contributed by atoms with van der Waals surface area (Å²) in [4.78, 5) is 27.4. The summed E-state index contributed by atoms with van der Waals surface area (Å²) >= 11 is 0. The molecule has 1 aliphatic rings. The maximum atomic E-state index is 12.2. The van der Waals surface area contributed by atoms with Crippen LogP contribution in [-0.2, 0) is 17.9 Å². The van der Waals surface area contributed by atoms with Gasteiger partial charge in [0.05, 0.1) is 6.33 Å². The van der Waals surface area contributed by atoms with Crippen LogP contribution in [0.25, 0.3) is 11.2 Å². The van der Waals surface area contributed by atoms with Crippen molar-refractivity contribution in [3.05, 3.63) is 41.7 Å². The first-order valence-electron chi connectivity index (χ1n) is 9.34. The van der Waals surface area contributed by atoms with Crippen molar-refractivity contribution in [2.45, 2.75) is 26.0 Å². The predicted octanol–water partition coefficient (Wildman–Crippen LogP) is 1.13. The molecule has 0 spiro atoms. The third-order valence-corrected chi connectivity index (χ3v) is 4.84. The summed E-state index contributed by atoms with van der Waals surface area (Å²) in [5.41, 5.74) is 8.82. The van der Waals surface area contributed by atoms with E-state index in [1.807, 2.05) is 24.3 Å². The van der Waals surface area contributed by atoms with Gasteiger partial charge in [0, 0.05) is 12.5 Å². The monoisotopic (exact) mass is 381 g/mol. The first kappa shape index (κ1) is 18.2. The molecule has 0 bridgehead atoms. The Morgan fingerprint density at radius 2 is 1.93 bits per heavy atom. The number of nitrogens with two attached hydrogens (primary N) is 1. The van der Waals surface area contributed by atoms with E-state index in [4.69, 9.17) is 10.5 Å². The zero-order chi connectivity index (χ0) is 19.3. The number of piperidine rings is 1. The van der Waals surface area contributed by atoms with E-state index in [2.05, 4.69) is 30.6 Å². The zero-order valence-corrected chi connectivity index (χ0v) is 15.4. The molecule has 9 nitrogen and oxygen atoms in total. The Kier molecular flexibility index (Phi) is 5.34. The number of H-pyrrole nitrogens is 1. The van der Waals surface area contributed by atoms with Crippen LogP contribution in [-0.4, -0.2) is 38.9 Å². The maximum Gasteiger partial charge on any atom is 0.245 e. The van der Waals surface area contributed by atoms with Crippen molar-refractivity contribution in [3.8, 4) is 5.88 Å². The van der Waals surface area contributed by atoms with Gasteiger partial charge in [-0.25, -0.2) is 4.98 Å².